The van der Waals surface area contributed by atoms with Gasteiger partial charge in [0.1, 0.15) is 11.6 Å². The number of phenols is 1. The molecule has 0 radical (unpaired) electrons. The van der Waals surface area contributed by atoms with E-state index in [-0.39, 0.29) is 49.6 Å². The van der Waals surface area contributed by atoms with Crippen molar-refractivity contribution in [3.8, 4) is 78.6 Å². The minimum absolute atomic E-state index is 0. The Morgan fingerprint density at radius 2 is 1.21 bits per heavy atom. The van der Waals surface area contributed by atoms with Gasteiger partial charge in [-0.15, -0.1) is 23.8 Å². The number of benzene rings is 7. The summed E-state index contributed by atoms with van der Waals surface area (Å²) < 4.78 is 76.2. The molecule has 0 bridgehead atoms. The third-order valence-corrected chi connectivity index (χ3v) is 12.5. The second-order valence-electron chi connectivity index (χ2n) is 19.0. The Balaban J connectivity index is 0.00000765. The summed E-state index contributed by atoms with van der Waals surface area (Å²) in [5.41, 5.74) is 10.5. The van der Waals surface area contributed by atoms with E-state index >= 15 is 0 Å². The first-order chi connectivity index (χ1) is 35.3. The Morgan fingerprint density at radius 3 is 1.84 bits per heavy atom. The zero-order chi connectivity index (χ0) is 54.0. The number of aromatic hydroxyl groups is 1. The molecule has 0 aliphatic carbocycles. The third kappa shape index (κ3) is 9.61. The molecular weight excluding hydrogens is 998 g/mol. The van der Waals surface area contributed by atoms with Crippen LogP contribution in [-0.4, -0.2) is 19.6 Å². The SMILES string of the molecule is [2H]C([2H])([2H])C(c1ccc(-c2ccnc(-c3[c-]c(-c4cccc5c4nc(-c4cc(C(C)C)cc(C(C)C)c4O)n5-c4cc(-c5ccccc5)cc(C(C)(C)C)c4)cc(-c4ccccc4)c3)c2)cc1)(C([2H])([2H])[2H])C([2H])([2H])[2H].[Pt]. The molecule has 0 saturated heterocycles. The molecule has 5 heteroatoms. The van der Waals surface area contributed by atoms with Crippen LogP contribution in [0.4, 0.5) is 0 Å². The summed E-state index contributed by atoms with van der Waals surface area (Å²) in [4.78, 5) is 10.4. The molecule has 2 heterocycles. The maximum Gasteiger partial charge on any atom is 0.148 e. The van der Waals surface area contributed by atoms with Gasteiger partial charge in [0.15, 0.2) is 0 Å². The van der Waals surface area contributed by atoms with E-state index in [1.165, 1.54) is 12.1 Å². The van der Waals surface area contributed by atoms with Gasteiger partial charge in [0.2, 0.25) is 0 Å². The third-order valence-electron chi connectivity index (χ3n) is 12.5. The molecule has 1 N–H and O–H groups in total. The molecule has 0 aliphatic heterocycles. The fourth-order valence-corrected chi connectivity index (χ4v) is 8.67. The van der Waals surface area contributed by atoms with Crippen molar-refractivity contribution in [2.45, 2.75) is 91.7 Å². The van der Waals surface area contributed by atoms with Crippen LogP contribution < -0.4 is 0 Å². The van der Waals surface area contributed by atoms with Crippen LogP contribution in [0.2, 0.25) is 0 Å². The standard InChI is InChI=1S/C62H60N3O.Pt/c1-39(2)45-35-54(40(3)4)59(66)55(36-45)60-64-58-53(22-17-23-57(58)65(60)52-34-47(42-20-15-12-16-21-42)33-51(38-52)62(8,9)10)48-30-46(41-18-13-11-14-19-41)31-49(32-48)56-37-44(28-29-63-56)43-24-26-50(27-25-43)61(5,6)7;/h11-31,33-40,66H,1-10H3;/q-1;/i5D3,6D3,7D3;. The average molecular weight is 1070 g/mol. The summed E-state index contributed by atoms with van der Waals surface area (Å²) >= 11 is 0. The summed E-state index contributed by atoms with van der Waals surface area (Å²) in [5, 5.41) is 12.4. The number of imidazole rings is 1. The summed E-state index contributed by atoms with van der Waals surface area (Å²) in [7, 11) is 0. The van der Waals surface area contributed by atoms with Crippen LogP contribution >= 0.6 is 0 Å². The molecule has 0 amide bonds. The second-order valence-corrected chi connectivity index (χ2v) is 19.0. The molecular formula is C62H60N3OPt-. The quantitative estimate of drug-likeness (QED) is 0.147. The molecule has 2 aromatic heterocycles. The monoisotopic (exact) mass is 1070 g/mol. The van der Waals surface area contributed by atoms with Crippen LogP contribution in [-0.2, 0) is 31.9 Å². The normalized spacial score (nSPS) is 14.5. The Kier molecular flexibility index (Phi) is 10.3. The predicted molar refractivity (Wildman–Crippen MR) is 278 cm³/mol. The summed E-state index contributed by atoms with van der Waals surface area (Å²) in [5.74, 6) is 0.995. The maximum atomic E-state index is 12.4. The first-order valence-electron chi connectivity index (χ1n) is 27.1. The van der Waals surface area contributed by atoms with Gasteiger partial charge in [0, 0.05) is 51.0 Å². The fraction of sp³-hybridized carbons (Fsp3) is 0.226. The molecule has 7 aromatic carbocycles. The van der Waals surface area contributed by atoms with Gasteiger partial charge in [-0.1, -0.05) is 201 Å². The van der Waals surface area contributed by atoms with Gasteiger partial charge in [-0.2, -0.15) is 0 Å². The van der Waals surface area contributed by atoms with Gasteiger partial charge >= 0.3 is 0 Å². The number of phenolic OH excluding ortho intramolecular Hbond substituents is 1. The van der Waals surface area contributed by atoms with Crippen molar-refractivity contribution >= 4 is 11.0 Å². The Hall–Kier alpha value is -6.35. The molecule has 0 saturated carbocycles. The zero-order valence-electron chi connectivity index (χ0n) is 47.8. The van der Waals surface area contributed by atoms with Crippen LogP contribution in [0.25, 0.3) is 83.9 Å². The summed E-state index contributed by atoms with van der Waals surface area (Å²) in [6, 6.07) is 54.6. The molecule has 9 aromatic rings. The van der Waals surface area contributed by atoms with Crippen molar-refractivity contribution in [1.29, 1.82) is 0 Å². The van der Waals surface area contributed by atoms with Crippen molar-refractivity contribution in [2.75, 3.05) is 0 Å². The molecule has 9 rings (SSSR count). The van der Waals surface area contributed by atoms with Crippen molar-refractivity contribution in [3.05, 3.63) is 192 Å². The summed E-state index contributed by atoms with van der Waals surface area (Å²) in [6.07, 6.45) is 1.66. The van der Waals surface area contributed by atoms with E-state index in [4.69, 9.17) is 22.3 Å². The Labute approximate surface area is 424 Å². The minimum atomic E-state index is -3.38. The number of rotatable bonds is 9. The molecule has 0 spiro atoms. The Bertz CT molecular complexity index is 3520. The first kappa shape index (κ1) is 36.7. The number of pyridine rings is 1. The van der Waals surface area contributed by atoms with Gasteiger partial charge < -0.3 is 5.11 Å². The molecule has 0 atom stereocenters. The van der Waals surface area contributed by atoms with Crippen LogP contribution in [0.3, 0.4) is 0 Å². The second kappa shape index (κ2) is 18.7. The van der Waals surface area contributed by atoms with Gasteiger partial charge in [0.25, 0.3) is 0 Å². The number of para-hydroxylation sites is 1. The van der Waals surface area contributed by atoms with Gasteiger partial charge in [-0.25, -0.2) is 4.98 Å². The van der Waals surface area contributed by atoms with Gasteiger partial charge in [-0.3, -0.25) is 9.55 Å². The van der Waals surface area contributed by atoms with E-state index in [0.29, 0.717) is 39.3 Å². The van der Waals surface area contributed by atoms with E-state index in [9.17, 15) is 5.11 Å². The predicted octanol–water partition coefficient (Wildman–Crippen LogP) is 16.8. The topological polar surface area (TPSA) is 50.9 Å². The zero-order valence-corrected chi connectivity index (χ0v) is 41.1. The Morgan fingerprint density at radius 1 is 0.567 bits per heavy atom. The molecule has 0 fully saturated rings. The van der Waals surface area contributed by atoms with Crippen molar-refractivity contribution in [3.63, 3.8) is 0 Å². The number of hydrogen-bond acceptors (Lipinski definition) is 3. The molecule has 67 heavy (non-hydrogen) atoms. The van der Waals surface area contributed by atoms with Crippen LogP contribution in [0.15, 0.2) is 164 Å². The van der Waals surface area contributed by atoms with Crippen molar-refractivity contribution < 1.29 is 38.5 Å². The van der Waals surface area contributed by atoms with E-state index in [1.54, 1.807) is 24.4 Å². The van der Waals surface area contributed by atoms with Crippen molar-refractivity contribution in [1.82, 2.24) is 14.5 Å². The van der Waals surface area contributed by atoms with Crippen LogP contribution in [0.5, 0.6) is 5.75 Å². The maximum absolute atomic E-state index is 12.4. The molecule has 4 nitrogen and oxygen atoms in total. The van der Waals surface area contributed by atoms with Crippen LogP contribution in [0, 0.1) is 6.07 Å². The van der Waals surface area contributed by atoms with E-state index in [0.717, 1.165) is 61.3 Å². The number of nitrogens with zero attached hydrogens (tertiary/aromatic N) is 3. The van der Waals surface area contributed by atoms with E-state index in [2.05, 4.69) is 114 Å². The molecule has 0 unspecified atom stereocenters. The number of hydrogen-bond donors (Lipinski definition) is 1. The first-order valence-corrected chi connectivity index (χ1v) is 22.6. The van der Waals surface area contributed by atoms with Crippen LogP contribution in [0.1, 0.15) is 115 Å². The smallest absolute Gasteiger partial charge is 0.148 e. The molecule has 340 valence electrons. The molecule has 0 aliphatic rings. The van der Waals surface area contributed by atoms with E-state index < -0.39 is 26.0 Å². The minimum Gasteiger partial charge on any atom is -0.507 e. The fourth-order valence-electron chi connectivity index (χ4n) is 8.67. The van der Waals surface area contributed by atoms with Gasteiger partial charge in [0.05, 0.1) is 16.6 Å². The van der Waals surface area contributed by atoms with E-state index in [1.807, 2.05) is 72.8 Å². The van der Waals surface area contributed by atoms with Gasteiger partial charge in [-0.05, 0) is 103 Å². The number of aromatic nitrogens is 3. The van der Waals surface area contributed by atoms with Crippen molar-refractivity contribution in [2.24, 2.45) is 0 Å². The largest absolute Gasteiger partial charge is 0.507 e. The number of fused-ring (bicyclic) bond motifs is 1. The summed E-state index contributed by atoms with van der Waals surface area (Å²) in [6.45, 7) is 5.00. The average Bonchev–Trinajstić information content (AvgIpc) is 3.78.